The average Bonchev–Trinajstić information content (AvgIpc) is 3.11. The molecule has 2 aliphatic rings. The van der Waals surface area contributed by atoms with Gasteiger partial charge in [0.25, 0.3) is 0 Å². The summed E-state index contributed by atoms with van der Waals surface area (Å²) in [6.07, 6.45) is 6.66. The molecule has 2 fully saturated rings. The fraction of sp³-hybridized carbons (Fsp3) is 0.905. The second-order valence-corrected chi connectivity index (χ2v) is 8.44. The predicted molar refractivity (Wildman–Crippen MR) is 98.1 cm³/mol. The standard InChI is InChI=1S/C21H36O4/c1-6-9-10-11-21(7-2,8-3)25-20(24)18-16-12-15(13(4)14(16)5)17(18)19(22)23/h13-18H,6-12H2,1-5H3,(H,22,23). The summed E-state index contributed by atoms with van der Waals surface area (Å²) in [7, 11) is 0. The molecule has 144 valence electrons. The van der Waals surface area contributed by atoms with Crippen molar-refractivity contribution >= 4 is 11.9 Å². The molecule has 0 aromatic carbocycles. The second kappa shape index (κ2) is 8.09. The summed E-state index contributed by atoms with van der Waals surface area (Å²) in [6, 6.07) is 0. The Bertz CT molecular complexity index is 482. The number of unbranched alkanes of at least 4 members (excludes halogenated alkanes) is 2. The molecule has 4 nitrogen and oxygen atoms in total. The van der Waals surface area contributed by atoms with Crippen LogP contribution in [0, 0.1) is 35.5 Å². The summed E-state index contributed by atoms with van der Waals surface area (Å²) in [6.45, 7) is 10.6. The Balaban J connectivity index is 2.15. The van der Waals surface area contributed by atoms with E-state index in [9.17, 15) is 14.7 Å². The van der Waals surface area contributed by atoms with E-state index in [1.165, 1.54) is 0 Å². The molecule has 0 radical (unpaired) electrons. The first-order valence-corrected chi connectivity index (χ1v) is 10.3. The second-order valence-electron chi connectivity index (χ2n) is 8.44. The van der Waals surface area contributed by atoms with Crippen LogP contribution >= 0.6 is 0 Å². The summed E-state index contributed by atoms with van der Waals surface area (Å²) in [5, 5.41) is 9.74. The highest BCUT2D eigenvalue weighted by atomic mass is 16.6. The van der Waals surface area contributed by atoms with E-state index in [4.69, 9.17) is 4.74 Å². The highest BCUT2D eigenvalue weighted by Crippen LogP contribution is 2.58. The van der Waals surface area contributed by atoms with E-state index in [1.807, 2.05) is 0 Å². The van der Waals surface area contributed by atoms with Crippen molar-refractivity contribution in [3.63, 3.8) is 0 Å². The first-order valence-electron chi connectivity index (χ1n) is 10.3. The minimum absolute atomic E-state index is 0.118. The van der Waals surface area contributed by atoms with Crippen molar-refractivity contribution in [2.75, 3.05) is 0 Å². The summed E-state index contributed by atoms with van der Waals surface area (Å²) >= 11 is 0. The summed E-state index contributed by atoms with van der Waals surface area (Å²) in [5.74, 6) is -1.04. The van der Waals surface area contributed by atoms with Crippen molar-refractivity contribution in [3.05, 3.63) is 0 Å². The van der Waals surface area contributed by atoms with Gasteiger partial charge in [0.2, 0.25) is 0 Å². The van der Waals surface area contributed by atoms with Gasteiger partial charge in [-0.2, -0.15) is 0 Å². The lowest BCUT2D eigenvalue weighted by molar-refractivity contribution is -0.176. The number of carbonyl (C=O) groups excluding carboxylic acids is 1. The number of aliphatic carboxylic acids is 1. The van der Waals surface area contributed by atoms with Gasteiger partial charge in [-0.3, -0.25) is 9.59 Å². The van der Waals surface area contributed by atoms with Crippen molar-refractivity contribution in [1.82, 2.24) is 0 Å². The summed E-state index contributed by atoms with van der Waals surface area (Å²) in [5.41, 5.74) is -0.425. The lowest BCUT2D eigenvalue weighted by atomic mass is 9.69. The zero-order chi connectivity index (χ0) is 18.8. The van der Waals surface area contributed by atoms with Crippen LogP contribution in [0.2, 0.25) is 0 Å². The van der Waals surface area contributed by atoms with Crippen molar-refractivity contribution in [2.24, 2.45) is 35.5 Å². The molecule has 2 saturated carbocycles. The zero-order valence-corrected chi connectivity index (χ0v) is 16.6. The van der Waals surface area contributed by atoms with Crippen LogP contribution in [0.3, 0.4) is 0 Å². The van der Waals surface area contributed by atoms with Gasteiger partial charge in [0.15, 0.2) is 0 Å². The number of hydrogen-bond acceptors (Lipinski definition) is 3. The number of rotatable bonds is 9. The number of fused-ring (bicyclic) bond motifs is 2. The van der Waals surface area contributed by atoms with E-state index in [-0.39, 0.29) is 17.8 Å². The molecule has 0 saturated heterocycles. The molecule has 6 atom stereocenters. The van der Waals surface area contributed by atoms with Gasteiger partial charge in [0.1, 0.15) is 5.60 Å². The number of ether oxygens (including phenoxy) is 1. The van der Waals surface area contributed by atoms with Gasteiger partial charge in [-0.1, -0.05) is 47.5 Å². The van der Waals surface area contributed by atoms with E-state index in [2.05, 4.69) is 34.6 Å². The van der Waals surface area contributed by atoms with Crippen LogP contribution in [-0.4, -0.2) is 22.6 Å². The van der Waals surface area contributed by atoms with E-state index >= 15 is 0 Å². The van der Waals surface area contributed by atoms with Crippen LogP contribution in [0.4, 0.5) is 0 Å². The Morgan fingerprint density at radius 1 is 1.00 bits per heavy atom. The number of carbonyl (C=O) groups is 2. The minimum atomic E-state index is -0.822. The lowest BCUT2D eigenvalue weighted by Crippen LogP contribution is -2.45. The van der Waals surface area contributed by atoms with Crippen LogP contribution in [-0.2, 0) is 14.3 Å². The SMILES string of the molecule is CCCCCC(CC)(CC)OC(=O)C1C2CC(C(C)C2C)C1C(=O)O. The van der Waals surface area contributed by atoms with Crippen molar-refractivity contribution in [1.29, 1.82) is 0 Å². The van der Waals surface area contributed by atoms with E-state index in [0.29, 0.717) is 11.8 Å². The van der Waals surface area contributed by atoms with Crippen LogP contribution in [0.5, 0.6) is 0 Å². The molecule has 2 rings (SSSR count). The summed E-state index contributed by atoms with van der Waals surface area (Å²) < 4.78 is 6.08. The lowest BCUT2D eigenvalue weighted by Gasteiger charge is -2.38. The molecule has 0 aromatic rings. The van der Waals surface area contributed by atoms with Crippen LogP contribution < -0.4 is 0 Å². The molecule has 0 heterocycles. The van der Waals surface area contributed by atoms with Gasteiger partial charge < -0.3 is 9.84 Å². The molecule has 1 N–H and O–H groups in total. The Morgan fingerprint density at radius 3 is 2.04 bits per heavy atom. The molecular formula is C21H36O4. The molecule has 2 aliphatic carbocycles. The van der Waals surface area contributed by atoms with Gasteiger partial charge >= 0.3 is 11.9 Å². The van der Waals surface area contributed by atoms with Gasteiger partial charge in [-0.05, 0) is 55.8 Å². The zero-order valence-electron chi connectivity index (χ0n) is 16.6. The third-order valence-electron chi connectivity index (χ3n) is 7.43. The first-order chi connectivity index (χ1) is 11.8. The van der Waals surface area contributed by atoms with Gasteiger partial charge in [0, 0.05) is 0 Å². The number of carboxylic acid groups (broad SMARTS) is 1. The maximum atomic E-state index is 13.1. The smallest absolute Gasteiger partial charge is 0.310 e. The highest BCUT2D eigenvalue weighted by molar-refractivity contribution is 5.83. The molecule has 0 spiro atoms. The van der Waals surface area contributed by atoms with Gasteiger partial charge in [-0.25, -0.2) is 0 Å². The van der Waals surface area contributed by atoms with Crippen molar-refractivity contribution in [3.8, 4) is 0 Å². The Labute approximate surface area is 152 Å². The third kappa shape index (κ3) is 3.73. The maximum Gasteiger partial charge on any atom is 0.310 e. The fourth-order valence-corrected chi connectivity index (χ4v) is 5.44. The van der Waals surface area contributed by atoms with Gasteiger partial charge in [-0.15, -0.1) is 0 Å². The Morgan fingerprint density at radius 2 is 1.56 bits per heavy atom. The van der Waals surface area contributed by atoms with Gasteiger partial charge in [0.05, 0.1) is 11.8 Å². The van der Waals surface area contributed by atoms with Crippen LogP contribution in [0.15, 0.2) is 0 Å². The molecule has 6 unspecified atom stereocenters. The molecule has 2 bridgehead atoms. The molecule has 0 amide bonds. The topological polar surface area (TPSA) is 63.6 Å². The predicted octanol–water partition coefficient (Wildman–Crippen LogP) is 4.91. The quantitative estimate of drug-likeness (QED) is 0.473. The number of hydrogen-bond donors (Lipinski definition) is 1. The monoisotopic (exact) mass is 352 g/mol. The van der Waals surface area contributed by atoms with E-state index in [0.717, 1.165) is 44.9 Å². The molecule has 4 heteroatoms. The normalized spacial score (nSPS) is 34.3. The first kappa shape index (κ1) is 20.3. The Hall–Kier alpha value is -1.06. The summed E-state index contributed by atoms with van der Waals surface area (Å²) in [4.78, 5) is 24.9. The fourth-order valence-electron chi connectivity index (χ4n) is 5.44. The van der Waals surface area contributed by atoms with Crippen molar-refractivity contribution < 1.29 is 19.4 Å². The molecule has 25 heavy (non-hydrogen) atoms. The number of carboxylic acids is 1. The third-order valence-corrected chi connectivity index (χ3v) is 7.43. The van der Waals surface area contributed by atoms with Crippen LogP contribution in [0.1, 0.15) is 79.6 Å². The molecule has 0 aromatic heterocycles. The van der Waals surface area contributed by atoms with E-state index < -0.39 is 23.4 Å². The minimum Gasteiger partial charge on any atom is -0.481 e. The van der Waals surface area contributed by atoms with Crippen molar-refractivity contribution in [2.45, 2.75) is 85.2 Å². The average molecular weight is 353 g/mol. The maximum absolute atomic E-state index is 13.1. The van der Waals surface area contributed by atoms with E-state index in [1.54, 1.807) is 0 Å². The largest absolute Gasteiger partial charge is 0.481 e. The number of esters is 1. The highest BCUT2D eigenvalue weighted by Gasteiger charge is 2.61. The van der Waals surface area contributed by atoms with Crippen LogP contribution in [0.25, 0.3) is 0 Å². The molecular weight excluding hydrogens is 316 g/mol. The molecule has 0 aliphatic heterocycles. The Kier molecular flexibility index (Phi) is 6.56.